The summed E-state index contributed by atoms with van der Waals surface area (Å²) in [4.78, 5) is 18.2. The molecule has 0 aliphatic carbocycles. The molecule has 0 fully saturated rings. The second-order valence-corrected chi connectivity index (χ2v) is 8.34. The largest absolute Gasteiger partial charge is 0.496 e. The van der Waals surface area contributed by atoms with E-state index in [0.29, 0.717) is 5.57 Å². The molecule has 0 spiro atoms. The van der Waals surface area contributed by atoms with Crippen LogP contribution in [0.5, 0.6) is 5.75 Å². The van der Waals surface area contributed by atoms with Gasteiger partial charge in [-0.1, -0.05) is 55.4 Å². The van der Waals surface area contributed by atoms with Crippen LogP contribution >= 0.6 is 11.8 Å². The smallest absolute Gasteiger partial charge is 0.255 e. The van der Waals surface area contributed by atoms with Crippen molar-refractivity contribution in [2.75, 3.05) is 18.2 Å². The first-order valence-electron chi connectivity index (χ1n) is 10.2. The van der Waals surface area contributed by atoms with Gasteiger partial charge in [-0.15, -0.1) is 0 Å². The maximum atomic E-state index is 13.2. The lowest BCUT2D eigenvalue weighted by atomic mass is 9.94. The minimum atomic E-state index is -0.395. The molecule has 0 bridgehead atoms. The molecule has 158 valence electrons. The number of hydrogen-bond acceptors (Lipinski definition) is 5. The Morgan fingerprint density at radius 2 is 1.97 bits per heavy atom. The average molecular weight is 424 g/mol. The Labute approximate surface area is 183 Å². The Morgan fingerprint density at radius 3 is 2.67 bits per heavy atom. The molecule has 0 saturated heterocycles. The molecular weight excluding hydrogens is 394 g/mol. The molecule has 1 heterocycles. The summed E-state index contributed by atoms with van der Waals surface area (Å²) in [5, 5.41) is 7.19. The zero-order valence-corrected chi connectivity index (χ0v) is 18.8. The number of carbonyl (C=O) groups excluding carboxylic acids is 1. The highest BCUT2D eigenvalue weighted by Gasteiger charge is 2.30. The van der Waals surface area contributed by atoms with Crippen LogP contribution in [0, 0.1) is 6.92 Å². The van der Waals surface area contributed by atoms with Crippen molar-refractivity contribution in [3.8, 4) is 5.75 Å². The minimum absolute atomic E-state index is 0.155. The van der Waals surface area contributed by atoms with Gasteiger partial charge in [0.15, 0.2) is 5.17 Å². The summed E-state index contributed by atoms with van der Waals surface area (Å²) in [6.07, 6.45) is 2.26. The number of nitrogens with zero attached hydrogens (tertiary/aromatic N) is 1. The number of amides is 1. The van der Waals surface area contributed by atoms with Crippen molar-refractivity contribution in [1.82, 2.24) is 5.32 Å². The van der Waals surface area contributed by atoms with Gasteiger partial charge in [0.05, 0.1) is 12.7 Å². The second kappa shape index (κ2) is 10.3. The van der Waals surface area contributed by atoms with Crippen molar-refractivity contribution in [1.29, 1.82) is 0 Å². The molecular formula is C24H29N3O2S. The normalized spacial score (nSPS) is 16.0. The van der Waals surface area contributed by atoms with E-state index in [-0.39, 0.29) is 5.91 Å². The number of aryl methyl sites for hydroxylation is 1. The van der Waals surface area contributed by atoms with Gasteiger partial charge >= 0.3 is 0 Å². The number of benzene rings is 2. The predicted octanol–water partition coefficient (Wildman–Crippen LogP) is 5.45. The Hall–Kier alpha value is -2.73. The third kappa shape index (κ3) is 5.25. The molecule has 2 N–H and O–H groups in total. The monoisotopic (exact) mass is 423 g/mol. The standard InChI is InChI=1S/C24H29N3O2S/c1-5-6-14-30-24-25-17(3)21(23(28)26-19-10-8-7-9-11-19)22(27-24)18-13-12-16(2)20(15-18)29-4/h7-13,15,22H,5-6,14H2,1-4H3,(H,25,27)(H,26,28)/t22-/m1/s1. The molecule has 0 radical (unpaired) electrons. The van der Waals surface area contributed by atoms with E-state index in [0.717, 1.165) is 52.0 Å². The number of anilines is 1. The van der Waals surface area contributed by atoms with Crippen LogP contribution in [0.15, 0.2) is 64.8 Å². The van der Waals surface area contributed by atoms with Gasteiger partial charge in [0.1, 0.15) is 11.8 Å². The Balaban J connectivity index is 1.96. The summed E-state index contributed by atoms with van der Waals surface area (Å²) in [5.74, 6) is 1.63. The highest BCUT2D eigenvalue weighted by molar-refractivity contribution is 8.13. The number of amidine groups is 1. The van der Waals surface area contributed by atoms with E-state index in [2.05, 4.69) is 17.6 Å². The van der Waals surface area contributed by atoms with Crippen molar-refractivity contribution >= 4 is 28.5 Å². The summed E-state index contributed by atoms with van der Waals surface area (Å²) in [7, 11) is 1.66. The summed E-state index contributed by atoms with van der Waals surface area (Å²) < 4.78 is 5.52. The van der Waals surface area contributed by atoms with Crippen molar-refractivity contribution in [3.05, 3.63) is 70.9 Å². The van der Waals surface area contributed by atoms with Crippen LogP contribution < -0.4 is 15.4 Å². The van der Waals surface area contributed by atoms with Gasteiger partial charge in [-0.2, -0.15) is 0 Å². The van der Waals surface area contributed by atoms with Gasteiger partial charge in [0, 0.05) is 17.1 Å². The molecule has 2 aromatic carbocycles. The van der Waals surface area contributed by atoms with E-state index in [1.165, 1.54) is 0 Å². The summed E-state index contributed by atoms with van der Waals surface area (Å²) in [6, 6.07) is 15.1. The average Bonchev–Trinajstić information content (AvgIpc) is 2.74. The SMILES string of the molecule is CCCCSC1=N[C@H](c2ccc(C)c(OC)c2)C(C(=O)Nc2ccccc2)=C(C)N1. The Kier molecular flexibility index (Phi) is 7.57. The molecule has 1 atom stereocenters. The van der Waals surface area contributed by atoms with Crippen LogP contribution in [0.25, 0.3) is 0 Å². The number of nitrogens with one attached hydrogen (secondary N) is 2. The number of unbranched alkanes of at least 4 members (excludes halogenated alkanes) is 1. The molecule has 1 aliphatic heterocycles. The molecule has 0 saturated carbocycles. The van der Waals surface area contributed by atoms with Crippen LogP contribution in [0.3, 0.4) is 0 Å². The van der Waals surface area contributed by atoms with E-state index in [1.54, 1.807) is 18.9 Å². The van der Waals surface area contributed by atoms with E-state index >= 15 is 0 Å². The van der Waals surface area contributed by atoms with Crippen molar-refractivity contribution in [2.45, 2.75) is 39.7 Å². The number of carbonyl (C=O) groups is 1. The quantitative estimate of drug-likeness (QED) is 0.581. The molecule has 1 aliphatic rings. The van der Waals surface area contributed by atoms with Gasteiger partial charge in [0.25, 0.3) is 5.91 Å². The summed E-state index contributed by atoms with van der Waals surface area (Å²) >= 11 is 1.70. The molecule has 30 heavy (non-hydrogen) atoms. The van der Waals surface area contributed by atoms with Crippen LogP contribution in [-0.4, -0.2) is 23.9 Å². The highest BCUT2D eigenvalue weighted by atomic mass is 32.2. The zero-order valence-electron chi connectivity index (χ0n) is 18.0. The lowest BCUT2D eigenvalue weighted by Gasteiger charge is -2.27. The van der Waals surface area contributed by atoms with Crippen LogP contribution in [-0.2, 0) is 4.79 Å². The van der Waals surface area contributed by atoms with Gasteiger partial charge in [0.2, 0.25) is 0 Å². The Morgan fingerprint density at radius 1 is 1.20 bits per heavy atom. The molecule has 3 rings (SSSR count). The lowest BCUT2D eigenvalue weighted by Crippen LogP contribution is -2.32. The first-order chi connectivity index (χ1) is 14.5. The number of thioether (sulfide) groups is 1. The fraction of sp³-hybridized carbons (Fsp3) is 0.333. The first-order valence-corrected chi connectivity index (χ1v) is 11.2. The van der Waals surface area contributed by atoms with Crippen LogP contribution in [0.4, 0.5) is 5.69 Å². The minimum Gasteiger partial charge on any atom is -0.496 e. The number of hydrogen-bond donors (Lipinski definition) is 2. The van der Waals surface area contributed by atoms with E-state index in [1.807, 2.05) is 62.4 Å². The molecule has 6 heteroatoms. The fourth-order valence-corrected chi connectivity index (χ4v) is 4.33. The Bertz CT molecular complexity index is 954. The molecule has 5 nitrogen and oxygen atoms in total. The number of rotatable bonds is 7. The van der Waals surface area contributed by atoms with Crippen molar-refractivity contribution in [3.63, 3.8) is 0 Å². The maximum absolute atomic E-state index is 13.2. The molecule has 2 aromatic rings. The van der Waals surface area contributed by atoms with Crippen molar-refractivity contribution in [2.24, 2.45) is 4.99 Å². The predicted molar refractivity (Wildman–Crippen MR) is 126 cm³/mol. The number of para-hydroxylation sites is 1. The number of allylic oxidation sites excluding steroid dienone is 1. The topological polar surface area (TPSA) is 62.7 Å². The number of ether oxygens (including phenoxy) is 1. The molecule has 0 aromatic heterocycles. The molecule has 1 amide bonds. The third-order valence-corrected chi connectivity index (χ3v) is 5.95. The first kappa shape index (κ1) is 22.0. The highest BCUT2D eigenvalue weighted by Crippen LogP contribution is 2.35. The summed E-state index contributed by atoms with van der Waals surface area (Å²) in [5.41, 5.74) is 4.18. The lowest BCUT2D eigenvalue weighted by molar-refractivity contribution is -0.113. The zero-order chi connectivity index (χ0) is 21.5. The third-order valence-electron chi connectivity index (χ3n) is 4.98. The van der Waals surface area contributed by atoms with Gasteiger partial charge < -0.3 is 15.4 Å². The van der Waals surface area contributed by atoms with E-state index in [9.17, 15) is 4.79 Å². The van der Waals surface area contributed by atoms with E-state index in [4.69, 9.17) is 9.73 Å². The van der Waals surface area contributed by atoms with Gasteiger partial charge in [-0.05, 0) is 49.6 Å². The second-order valence-electron chi connectivity index (χ2n) is 7.25. The van der Waals surface area contributed by atoms with Crippen molar-refractivity contribution < 1.29 is 9.53 Å². The van der Waals surface area contributed by atoms with Crippen LogP contribution in [0.1, 0.15) is 43.9 Å². The van der Waals surface area contributed by atoms with Crippen LogP contribution in [0.2, 0.25) is 0 Å². The number of aliphatic imine (C=N–C) groups is 1. The fourth-order valence-electron chi connectivity index (χ4n) is 3.30. The van der Waals surface area contributed by atoms with E-state index < -0.39 is 6.04 Å². The summed E-state index contributed by atoms with van der Waals surface area (Å²) in [6.45, 7) is 6.12. The molecule has 0 unspecified atom stereocenters. The van der Waals surface area contributed by atoms with Gasteiger partial charge in [-0.3, -0.25) is 4.79 Å². The van der Waals surface area contributed by atoms with Gasteiger partial charge in [-0.25, -0.2) is 4.99 Å². The number of methoxy groups -OCH3 is 1. The maximum Gasteiger partial charge on any atom is 0.255 e.